The van der Waals surface area contributed by atoms with E-state index in [4.69, 9.17) is 0 Å². The highest BCUT2D eigenvalue weighted by atomic mass is 15.2. The molecule has 0 spiro atoms. The summed E-state index contributed by atoms with van der Waals surface area (Å²) >= 11 is 0. The fourth-order valence-corrected chi connectivity index (χ4v) is 2.07. The number of H-pyrrole nitrogens is 1. The summed E-state index contributed by atoms with van der Waals surface area (Å²) in [5.74, 6) is 2.19. The van der Waals surface area contributed by atoms with E-state index in [1.807, 2.05) is 6.92 Å². The van der Waals surface area contributed by atoms with Crippen LogP contribution < -0.4 is 10.6 Å². The second-order valence-electron chi connectivity index (χ2n) is 5.58. The summed E-state index contributed by atoms with van der Waals surface area (Å²) in [5.41, 5.74) is 0.759. The summed E-state index contributed by atoms with van der Waals surface area (Å²) in [5, 5.41) is 14.5. The van der Waals surface area contributed by atoms with Gasteiger partial charge in [0.2, 0.25) is 5.95 Å². The third-order valence-electron chi connectivity index (χ3n) is 3.20. The van der Waals surface area contributed by atoms with Gasteiger partial charge in [-0.25, -0.2) is 0 Å². The van der Waals surface area contributed by atoms with Gasteiger partial charge in [0, 0.05) is 12.6 Å². The number of nitrogens with one attached hydrogen (secondary N) is 3. The first-order chi connectivity index (χ1) is 9.60. The molecule has 0 fully saturated rings. The average molecular weight is 276 g/mol. The lowest BCUT2D eigenvalue weighted by Gasteiger charge is -2.16. The molecule has 0 aliphatic rings. The van der Waals surface area contributed by atoms with Gasteiger partial charge in [0.05, 0.1) is 11.6 Å². The Kier molecular flexibility index (Phi) is 4.76. The molecule has 20 heavy (non-hydrogen) atoms. The van der Waals surface area contributed by atoms with Gasteiger partial charge in [-0.3, -0.25) is 5.10 Å². The van der Waals surface area contributed by atoms with Crippen LogP contribution in [0.3, 0.4) is 0 Å². The van der Waals surface area contributed by atoms with E-state index in [0.29, 0.717) is 12.0 Å². The molecule has 0 aromatic carbocycles. The Labute approximate surface area is 119 Å². The zero-order valence-electron chi connectivity index (χ0n) is 12.7. The maximum Gasteiger partial charge on any atom is 0.226 e. The average Bonchev–Trinajstić information content (AvgIpc) is 2.85. The van der Waals surface area contributed by atoms with Crippen LogP contribution in [-0.2, 0) is 0 Å². The predicted octanol–water partition coefficient (Wildman–Crippen LogP) is 3.02. The van der Waals surface area contributed by atoms with E-state index >= 15 is 0 Å². The van der Waals surface area contributed by atoms with Crippen LogP contribution >= 0.6 is 0 Å². The first-order valence-electron chi connectivity index (χ1n) is 7.31. The second-order valence-corrected chi connectivity index (χ2v) is 5.58. The molecule has 6 heteroatoms. The highest BCUT2D eigenvalue weighted by Gasteiger charge is 2.11. The van der Waals surface area contributed by atoms with Crippen LogP contribution in [0.4, 0.5) is 11.8 Å². The largest absolute Gasteiger partial charge is 0.367 e. The molecule has 0 aliphatic carbocycles. The van der Waals surface area contributed by atoms with E-state index in [1.165, 1.54) is 6.42 Å². The van der Waals surface area contributed by atoms with Crippen molar-refractivity contribution in [1.82, 2.24) is 20.2 Å². The maximum atomic E-state index is 4.54. The number of hydrogen-bond acceptors (Lipinski definition) is 5. The van der Waals surface area contributed by atoms with Gasteiger partial charge in [-0.15, -0.1) is 0 Å². The Balaban J connectivity index is 2.16. The summed E-state index contributed by atoms with van der Waals surface area (Å²) < 4.78 is 0. The molecule has 2 rings (SSSR count). The summed E-state index contributed by atoms with van der Waals surface area (Å²) in [6, 6.07) is 0.375. The van der Waals surface area contributed by atoms with Crippen LogP contribution in [0.1, 0.15) is 40.5 Å². The van der Waals surface area contributed by atoms with Gasteiger partial charge in [-0.05, 0) is 32.6 Å². The Hall–Kier alpha value is -1.85. The van der Waals surface area contributed by atoms with Crippen LogP contribution in [0.5, 0.6) is 0 Å². The molecule has 110 valence electrons. The highest BCUT2D eigenvalue weighted by Crippen LogP contribution is 2.21. The van der Waals surface area contributed by atoms with E-state index < -0.39 is 0 Å². The minimum atomic E-state index is 0.375. The number of anilines is 2. The summed E-state index contributed by atoms with van der Waals surface area (Å²) in [6.45, 7) is 9.49. The van der Waals surface area contributed by atoms with E-state index in [9.17, 15) is 0 Å². The summed E-state index contributed by atoms with van der Waals surface area (Å²) in [4.78, 5) is 8.92. The van der Waals surface area contributed by atoms with Crippen LogP contribution in [0, 0.1) is 5.92 Å². The van der Waals surface area contributed by atoms with Crippen molar-refractivity contribution < 1.29 is 0 Å². The molecular formula is C14H24N6. The molecule has 0 amide bonds. The van der Waals surface area contributed by atoms with Crippen molar-refractivity contribution in [2.75, 3.05) is 17.2 Å². The zero-order chi connectivity index (χ0) is 14.5. The monoisotopic (exact) mass is 276 g/mol. The molecular weight excluding hydrogens is 252 g/mol. The molecule has 0 saturated carbocycles. The molecule has 2 aromatic rings. The Bertz CT molecular complexity index is 548. The van der Waals surface area contributed by atoms with Gasteiger partial charge >= 0.3 is 0 Å². The van der Waals surface area contributed by atoms with Crippen molar-refractivity contribution in [2.24, 2.45) is 5.92 Å². The first-order valence-corrected chi connectivity index (χ1v) is 7.31. The first kappa shape index (κ1) is 14.6. The van der Waals surface area contributed by atoms with Crippen LogP contribution in [0.15, 0.2) is 6.20 Å². The number of hydrogen-bond donors (Lipinski definition) is 3. The SMILES string of the molecule is CCNc1nc(NC(C)CCC(C)C)c2cn[nH]c2n1. The number of fused-ring (bicyclic) bond motifs is 1. The maximum absolute atomic E-state index is 4.54. The molecule has 2 heterocycles. The third kappa shape index (κ3) is 3.59. The van der Waals surface area contributed by atoms with Crippen molar-refractivity contribution in [3.05, 3.63) is 6.20 Å². The normalized spacial score (nSPS) is 12.8. The minimum absolute atomic E-state index is 0.375. The fraction of sp³-hybridized carbons (Fsp3) is 0.643. The topological polar surface area (TPSA) is 78.5 Å². The Morgan fingerprint density at radius 2 is 2.00 bits per heavy atom. The molecule has 1 unspecified atom stereocenters. The lowest BCUT2D eigenvalue weighted by molar-refractivity contribution is 0.527. The van der Waals surface area contributed by atoms with Crippen LogP contribution in [0.25, 0.3) is 11.0 Å². The van der Waals surface area contributed by atoms with Crippen molar-refractivity contribution in [3.63, 3.8) is 0 Å². The Morgan fingerprint density at radius 3 is 2.70 bits per heavy atom. The number of aromatic nitrogens is 4. The van der Waals surface area contributed by atoms with E-state index in [-0.39, 0.29) is 0 Å². The lowest BCUT2D eigenvalue weighted by Crippen LogP contribution is -2.17. The third-order valence-corrected chi connectivity index (χ3v) is 3.20. The lowest BCUT2D eigenvalue weighted by atomic mass is 10.0. The van der Waals surface area contributed by atoms with Crippen molar-refractivity contribution in [3.8, 4) is 0 Å². The number of nitrogens with zero attached hydrogens (tertiary/aromatic N) is 3. The van der Waals surface area contributed by atoms with E-state index in [0.717, 1.165) is 35.7 Å². The van der Waals surface area contributed by atoms with Crippen molar-refractivity contribution in [1.29, 1.82) is 0 Å². The predicted molar refractivity (Wildman–Crippen MR) is 83.0 cm³/mol. The fourth-order valence-electron chi connectivity index (χ4n) is 2.07. The molecule has 0 radical (unpaired) electrons. The number of rotatable bonds is 7. The van der Waals surface area contributed by atoms with Gasteiger partial charge in [-0.2, -0.15) is 15.1 Å². The van der Waals surface area contributed by atoms with Gasteiger partial charge in [0.15, 0.2) is 5.65 Å². The van der Waals surface area contributed by atoms with Gasteiger partial charge < -0.3 is 10.6 Å². The van der Waals surface area contributed by atoms with Crippen LogP contribution in [-0.4, -0.2) is 32.8 Å². The second kappa shape index (κ2) is 6.54. The summed E-state index contributed by atoms with van der Waals surface area (Å²) in [6.07, 6.45) is 4.09. The molecule has 1 atom stereocenters. The molecule has 2 aromatic heterocycles. The van der Waals surface area contributed by atoms with Crippen molar-refractivity contribution in [2.45, 2.75) is 46.6 Å². The standard InChI is InChI=1S/C14H24N6/c1-5-15-14-18-12(11-8-16-20-13(11)19-14)17-10(4)7-6-9(2)3/h8-10H,5-7H2,1-4H3,(H3,15,16,17,18,19,20). The molecule has 0 aliphatic heterocycles. The molecule has 0 bridgehead atoms. The van der Waals surface area contributed by atoms with Crippen molar-refractivity contribution >= 4 is 22.8 Å². The van der Waals surface area contributed by atoms with Gasteiger partial charge in [0.25, 0.3) is 0 Å². The Morgan fingerprint density at radius 1 is 1.20 bits per heavy atom. The molecule has 3 N–H and O–H groups in total. The van der Waals surface area contributed by atoms with E-state index in [2.05, 4.69) is 51.6 Å². The number of aromatic amines is 1. The quantitative estimate of drug-likeness (QED) is 0.724. The van der Waals surface area contributed by atoms with E-state index in [1.54, 1.807) is 6.20 Å². The smallest absolute Gasteiger partial charge is 0.226 e. The van der Waals surface area contributed by atoms with Crippen LogP contribution in [0.2, 0.25) is 0 Å². The minimum Gasteiger partial charge on any atom is -0.367 e. The molecule has 6 nitrogen and oxygen atoms in total. The zero-order valence-corrected chi connectivity index (χ0v) is 12.7. The summed E-state index contributed by atoms with van der Waals surface area (Å²) in [7, 11) is 0. The molecule has 0 saturated heterocycles. The highest BCUT2D eigenvalue weighted by molar-refractivity contribution is 5.87. The van der Waals surface area contributed by atoms with Gasteiger partial charge in [-0.1, -0.05) is 13.8 Å². The van der Waals surface area contributed by atoms with Gasteiger partial charge in [0.1, 0.15) is 5.82 Å².